The lowest BCUT2D eigenvalue weighted by Crippen LogP contribution is -2.12. The third kappa shape index (κ3) is 5.28. The van der Waals surface area contributed by atoms with Gasteiger partial charge in [0.15, 0.2) is 0 Å². The number of hydrogen-bond donors (Lipinski definition) is 1. The second-order valence-electron chi connectivity index (χ2n) is 4.95. The third-order valence-corrected chi connectivity index (χ3v) is 3.95. The zero-order valence-electron chi connectivity index (χ0n) is 12.5. The number of amides is 1. The maximum absolute atomic E-state index is 11.2. The number of ether oxygens (including phenoxy) is 1. The molecule has 0 atom stereocenters. The number of nitrogens with one attached hydrogen (secondary N) is 1. The first-order chi connectivity index (χ1) is 10.6. The lowest BCUT2D eigenvalue weighted by Gasteiger charge is -2.10. The van der Waals surface area contributed by atoms with Crippen molar-refractivity contribution < 1.29 is 9.53 Å². The molecule has 1 N–H and O–H groups in total. The van der Waals surface area contributed by atoms with Crippen LogP contribution in [0.2, 0.25) is 0 Å². The van der Waals surface area contributed by atoms with Crippen molar-refractivity contribution in [2.24, 2.45) is 0 Å². The molecule has 0 spiro atoms. The zero-order chi connectivity index (χ0) is 15.9. The van der Waals surface area contributed by atoms with Crippen LogP contribution < -0.4 is 10.1 Å². The predicted molar refractivity (Wildman–Crippen MR) is 92.1 cm³/mol. The van der Waals surface area contributed by atoms with Gasteiger partial charge in [-0.25, -0.2) is 0 Å². The quantitative estimate of drug-likeness (QED) is 0.770. The fourth-order valence-electron chi connectivity index (χ4n) is 1.80. The van der Waals surface area contributed by atoms with Gasteiger partial charge in [0.05, 0.1) is 6.10 Å². The SMILES string of the molecule is CC(C)Oc1ccc(Sc2ccc(NC(=O)CCl)cc2)cc1. The highest BCUT2D eigenvalue weighted by Crippen LogP contribution is 2.30. The van der Waals surface area contributed by atoms with Crippen LogP contribution in [0.5, 0.6) is 5.75 Å². The molecule has 3 nitrogen and oxygen atoms in total. The van der Waals surface area contributed by atoms with E-state index < -0.39 is 0 Å². The van der Waals surface area contributed by atoms with Crippen LogP contribution in [-0.4, -0.2) is 17.9 Å². The molecule has 0 bridgehead atoms. The van der Waals surface area contributed by atoms with E-state index in [1.807, 2.05) is 62.4 Å². The summed E-state index contributed by atoms with van der Waals surface area (Å²) in [4.78, 5) is 13.4. The molecule has 0 heterocycles. The number of carbonyl (C=O) groups is 1. The lowest BCUT2D eigenvalue weighted by molar-refractivity contribution is -0.113. The van der Waals surface area contributed by atoms with Gasteiger partial charge < -0.3 is 10.1 Å². The van der Waals surface area contributed by atoms with Gasteiger partial charge in [-0.1, -0.05) is 11.8 Å². The molecule has 2 aromatic carbocycles. The largest absolute Gasteiger partial charge is 0.491 e. The minimum absolute atomic E-state index is 0.0404. The molecule has 1 amide bonds. The maximum Gasteiger partial charge on any atom is 0.239 e. The molecule has 0 aromatic heterocycles. The van der Waals surface area contributed by atoms with E-state index in [-0.39, 0.29) is 17.9 Å². The van der Waals surface area contributed by atoms with Gasteiger partial charge in [0.25, 0.3) is 0 Å². The van der Waals surface area contributed by atoms with E-state index in [1.165, 1.54) is 0 Å². The van der Waals surface area contributed by atoms with Gasteiger partial charge in [-0.3, -0.25) is 4.79 Å². The minimum atomic E-state index is -0.206. The molecular weight excluding hydrogens is 318 g/mol. The Labute approximate surface area is 140 Å². The van der Waals surface area contributed by atoms with Gasteiger partial charge >= 0.3 is 0 Å². The van der Waals surface area contributed by atoms with Crippen LogP contribution in [0, 0.1) is 0 Å². The standard InChI is InChI=1S/C17H18ClNO2S/c1-12(2)21-14-5-9-16(10-6-14)22-15-7-3-13(4-8-15)19-17(20)11-18/h3-10,12H,11H2,1-2H3,(H,19,20). The molecular formula is C17H18ClNO2S. The van der Waals surface area contributed by atoms with Crippen molar-refractivity contribution >= 4 is 35.0 Å². The highest BCUT2D eigenvalue weighted by molar-refractivity contribution is 7.99. The Hall–Kier alpha value is -1.65. The van der Waals surface area contributed by atoms with Gasteiger partial charge in [-0.05, 0) is 62.4 Å². The fraction of sp³-hybridized carbons (Fsp3) is 0.235. The monoisotopic (exact) mass is 335 g/mol. The molecule has 22 heavy (non-hydrogen) atoms. The van der Waals surface area contributed by atoms with E-state index in [4.69, 9.17) is 16.3 Å². The molecule has 5 heteroatoms. The molecule has 0 aliphatic carbocycles. The topological polar surface area (TPSA) is 38.3 Å². The maximum atomic E-state index is 11.2. The summed E-state index contributed by atoms with van der Waals surface area (Å²) in [5.74, 6) is 0.627. The number of hydrogen-bond acceptors (Lipinski definition) is 3. The van der Waals surface area contributed by atoms with Crippen molar-refractivity contribution in [2.45, 2.75) is 29.7 Å². The summed E-state index contributed by atoms with van der Waals surface area (Å²) in [5.41, 5.74) is 0.746. The third-order valence-electron chi connectivity index (χ3n) is 2.69. The molecule has 2 aromatic rings. The number of anilines is 1. The summed E-state index contributed by atoms with van der Waals surface area (Å²) in [6.45, 7) is 4.01. The summed E-state index contributed by atoms with van der Waals surface area (Å²) in [5, 5.41) is 2.71. The molecule has 2 rings (SSSR count). The summed E-state index contributed by atoms with van der Waals surface area (Å²) in [6.07, 6.45) is 0.175. The highest BCUT2D eigenvalue weighted by atomic mass is 35.5. The zero-order valence-corrected chi connectivity index (χ0v) is 14.1. The number of carbonyl (C=O) groups excluding carboxylic acids is 1. The Balaban J connectivity index is 1.97. The average molecular weight is 336 g/mol. The molecule has 0 fully saturated rings. The Bertz CT molecular complexity index is 612. The second-order valence-corrected chi connectivity index (χ2v) is 6.36. The second kappa shape index (κ2) is 8.11. The van der Waals surface area contributed by atoms with E-state index in [9.17, 15) is 4.79 Å². The summed E-state index contributed by atoms with van der Waals surface area (Å²) >= 11 is 7.11. The first-order valence-electron chi connectivity index (χ1n) is 6.97. The number of rotatable bonds is 6. The normalized spacial score (nSPS) is 10.5. The van der Waals surface area contributed by atoms with Crippen molar-refractivity contribution in [1.82, 2.24) is 0 Å². The van der Waals surface area contributed by atoms with E-state index >= 15 is 0 Å². The first-order valence-corrected chi connectivity index (χ1v) is 8.32. The smallest absolute Gasteiger partial charge is 0.239 e. The predicted octanol–water partition coefficient (Wildman–Crippen LogP) is 4.80. The van der Waals surface area contributed by atoms with Crippen molar-refractivity contribution in [1.29, 1.82) is 0 Å². The van der Waals surface area contributed by atoms with Crippen LogP contribution in [0.4, 0.5) is 5.69 Å². The number of alkyl halides is 1. The summed E-state index contributed by atoms with van der Waals surface area (Å²) < 4.78 is 5.62. The van der Waals surface area contributed by atoms with Crippen molar-refractivity contribution in [3.05, 3.63) is 48.5 Å². The van der Waals surface area contributed by atoms with Crippen LogP contribution in [0.15, 0.2) is 58.3 Å². The Morgan fingerprint density at radius 3 is 2.14 bits per heavy atom. The van der Waals surface area contributed by atoms with Gasteiger partial charge in [0, 0.05) is 15.5 Å². The number of halogens is 1. The van der Waals surface area contributed by atoms with Crippen LogP contribution in [0.25, 0.3) is 0 Å². The van der Waals surface area contributed by atoms with E-state index in [1.54, 1.807) is 11.8 Å². The molecule has 0 saturated heterocycles. The Morgan fingerprint density at radius 2 is 1.64 bits per heavy atom. The first kappa shape index (κ1) is 16.7. The molecule has 0 saturated carbocycles. The molecule has 116 valence electrons. The summed E-state index contributed by atoms with van der Waals surface area (Å²) in [7, 11) is 0. The lowest BCUT2D eigenvalue weighted by atomic mass is 10.3. The van der Waals surface area contributed by atoms with E-state index in [0.717, 1.165) is 21.2 Å². The molecule has 0 radical (unpaired) electrons. The van der Waals surface area contributed by atoms with Gasteiger partial charge in [0.2, 0.25) is 5.91 Å². The molecule has 0 unspecified atom stereocenters. The van der Waals surface area contributed by atoms with Gasteiger partial charge in [-0.15, -0.1) is 11.6 Å². The molecule has 0 aliphatic rings. The van der Waals surface area contributed by atoms with Crippen molar-refractivity contribution in [2.75, 3.05) is 11.2 Å². The van der Waals surface area contributed by atoms with Gasteiger partial charge in [-0.2, -0.15) is 0 Å². The number of benzene rings is 2. The Morgan fingerprint density at radius 1 is 1.09 bits per heavy atom. The average Bonchev–Trinajstić information content (AvgIpc) is 2.50. The molecule has 0 aliphatic heterocycles. The highest BCUT2D eigenvalue weighted by Gasteiger charge is 2.02. The van der Waals surface area contributed by atoms with Crippen LogP contribution in [0.3, 0.4) is 0 Å². The Kier molecular flexibility index (Phi) is 6.16. The van der Waals surface area contributed by atoms with E-state index in [0.29, 0.717) is 0 Å². The summed E-state index contributed by atoms with van der Waals surface area (Å²) in [6, 6.07) is 15.7. The van der Waals surface area contributed by atoms with Crippen molar-refractivity contribution in [3.63, 3.8) is 0 Å². The fourth-order valence-corrected chi connectivity index (χ4v) is 2.68. The van der Waals surface area contributed by atoms with Gasteiger partial charge in [0.1, 0.15) is 11.6 Å². The van der Waals surface area contributed by atoms with E-state index in [2.05, 4.69) is 5.32 Å². The van der Waals surface area contributed by atoms with Crippen LogP contribution in [-0.2, 0) is 4.79 Å². The van der Waals surface area contributed by atoms with Crippen LogP contribution >= 0.6 is 23.4 Å². The van der Waals surface area contributed by atoms with Crippen molar-refractivity contribution in [3.8, 4) is 5.75 Å². The van der Waals surface area contributed by atoms with Crippen LogP contribution in [0.1, 0.15) is 13.8 Å². The minimum Gasteiger partial charge on any atom is -0.491 e.